The van der Waals surface area contributed by atoms with Crippen LogP contribution in [0.2, 0.25) is 0 Å². The molecular formula is C18H27N3O5S. The summed E-state index contributed by atoms with van der Waals surface area (Å²) in [6.45, 7) is 4.64. The molecule has 0 radical (unpaired) electrons. The molecule has 1 fully saturated rings. The lowest BCUT2D eigenvalue weighted by Crippen LogP contribution is -2.40. The highest BCUT2D eigenvalue weighted by atomic mass is 32.1. The molecule has 1 aliphatic rings. The lowest BCUT2D eigenvalue weighted by molar-refractivity contribution is -0.157. The molecule has 1 saturated heterocycles. The van der Waals surface area contributed by atoms with Gasteiger partial charge in [-0.25, -0.2) is 14.8 Å². The highest BCUT2D eigenvalue weighted by Gasteiger charge is 2.36. The molecule has 2 atom stereocenters. The number of nitrogens with zero attached hydrogens (tertiary/aromatic N) is 3. The molecule has 9 heteroatoms. The molecule has 2 amide bonds. The summed E-state index contributed by atoms with van der Waals surface area (Å²) in [5.41, 5.74) is 0.265. The van der Waals surface area contributed by atoms with E-state index in [-0.39, 0.29) is 30.8 Å². The molecule has 0 aromatic carbocycles. The van der Waals surface area contributed by atoms with E-state index in [0.29, 0.717) is 24.4 Å². The van der Waals surface area contributed by atoms with Gasteiger partial charge < -0.3 is 9.64 Å². The smallest absolute Gasteiger partial charge is 0.357 e. The maximum Gasteiger partial charge on any atom is 0.357 e. The van der Waals surface area contributed by atoms with Crippen molar-refractivity contribution >= 4 is 29.6 Å². The van der Waals surface area contributed by atoms with Crippen molar-refractivity contribution in [1.82, 2.24) is 14.9 Å². The standard InChI is InChI=1S/C18H27N3O5S/c1-3-5-7-13(10-20(25)12-22)17(23)21-9-6-8-15(21)16-19-14(11-27-16)18(24)26-4-2/h11-13,15,25H,3-10H2,1-2H3. The van der Waals surface area contributed by atoms with E-state index < -0.39 is 11.9 Å². The summed E-state index contributed by atoms with van der Waals surface area (Å²) in [5, 5.41) is 12.5. The molecule has 27 heavy (non-hydrogen) atoms. The Labute approximate surface area is 163 Å². The zero-order valence-electron chi connectivity index (χ0n) is 15.8. The van der Waals surface area contributed by atoms with Crippen molar-refractivity contribution in [3.05, 3.63) is 16.1 Å². The van der Waals surface area contributed by atoms with Gasteiger partial charge in [0.25, 0.3) is 0 Å². The van der Waals surface area contributed by atoms with Crippen LogP contribution in [0.3, 0.4) is 0 Å². The molecule has 2 heterocycles. The van der Waals surface area contributed by atoms with Crippen molar-refractivity contribution in [2.45, 2.75) is 52.0 Å². The predicted molar refractivity (Wildman–Crippen MR) is 99.3 cm³/mol. The molecule has 0 bridgehead atoms. The highest BCUT2D eigenvalue weighted by molar-refractivity contribution is 7.09. The van der Waals surface area contributed by atoms with Crippen LogP contribution in [0, 0.1) is 5.92 Å². The number of esters is 1. The van der Waals surface area contributed by atoms with Gasteiger partial charge in [0, 0.05) is 11.9 Å². The number of amides is 2. The minimum atomic E-state index is -0.460. The van der Waals surface area contributed by atoms with E-state index in [0.717, 1.165) is 30.7 Å². The van der Waals surface area contributed by atoms with E-state index >= 15 is 0 Å². The Morgan fingerprint density at radius 3 is 2.96 bits per heavy atom. The lowest BCUT2D eigenvalue weighted by atomic mass is 10.00. The van der Waals surface area contributed by atoms with Gasteiger partial charge in [-0.2, -0.15) is 0 Å². The number of rotatable bonds is 10. The van der Waals surface area contributed by atoms with Crippen LogP contribution in [-0.4, -0.2) is 58.1 Å². The number of likely N-dealkylation sites (tertiary alicyclic amines) is 1. The van der Waals surface area contributed by atoms with Crippen molar-refractivity contribution in [2.24, 2.45) is 5.92 Å². The third kappa shape index (κ3) is 5.49. The Balaban J connectivity index is 2.13. The fourth-order valence-corrected chi connectivity index (χ4v) is 4.21. The van der Waals surface area contributed by atoms with Crippen molar-refractivity contribution < 1.29 is 24.3 Å². The summed E-state index contributed by atoms with van der Waals surface area (Å²) in [5.74, 6) is -0.997. The van der Waals surface area contributed by atoms with Gasteiger partial charge in [-0.15, -0.1) is 11.3 Å². The number of aromatic nitrogens is 1. The first-order chi connectivity index (χ1) is 13.0. The minimum absolute atomic E-state index is 0.0164. The molecule has 1 aromatic heterocycles. The first-order valence-corrected chi connectivity index (χ1v) is 10.2. The van der Waals surface area contributed by atoms with Gasteiger partial charge in [0.15, 0.2) is 5.69 Å². The van der Waals surface area contributed by atoms with E-state index in [9.17, 15) is 19.6 Å². The van der Waals surface area contributed by atoms with Gasteiger partial charge in [-0.05, 0) is 26.2 Å². The molecule has 0 spiro atoms. The Hall–Kier alpha value is -2.00. The zero-order valence-corrected chi connectivity index (χ0v) is 16.6. The number of ether oxygens (including phenoxy) is 1. The minimum Gasteiger partial charge on any atom is -0.461 e. The summed E-state index contributed by atoms with van der Waals surface area (Å²) in [6, 6.07) is -0.182. The van der Waals surface area contributed by atoms with E-state index in [2.05, 4.69) is 4.98 Å². The monoisotopic (exact) mass is 397 g/mol. The van der Waals surface area contributed by atoms with Crippen LogP contribution in [0.5, 0.6) is 0 Å². The first kappa shape index (κ1) is 21.3. The molecule has 0 aliphatic carbocycles. The summed E-state index contributed by atoms with van der Waals surface area (Å²) < 4.78 is 4.98. The second kappa shape index (κ2) is 10.4. The molecule has 0 saturated carbocycles. The number of unbranched alkanes of at least 4 members (excludes halogenated alkanes) is 1. The van der Waals surface area contributed by atoms with Crippen LogP contribution >= 0.6 is 11.3 Å². The number of carbonyl (C=O) groups excluding carboxylic acids is 3. The quantitative estimate of drug-likeness (QED) is 0.282. The Morgan fingerprint density at radius 2 is 2.30 bits per heavy atom. The number of carbonyl (C=O) groups is 3. The van der Waals surface area contributed by atoms with Crippen molar-refractivity contribution in [2.75, 3.05) is 19.7 Å². The SMILES string of the molecule is CCCCC(CN(O)C=O)C(=O)N1CCCC1c1nc(C(=O)OCC)cs1. The van der Waals surface area contributed by atoms with Gasteiger partial charge in [0.2, 0.25) is 12.3 Å². The lowest BCUT2D eigenvalue weighted by Gasteiger charge is -2.28. The maximum atomic E-state index is 13.1. The predicted octanol–water partition coefficient (Wildman–Crippen LogP) is 2.64. The second-order valence-corrected chi connectivity index (χ2v) is 7.44. The molecule has 150 valence electrons. The number of hydroxylamine groups is 2. The summed E-state index contributed by atoms with van der Waals surface area (Å²) in [6.07, 6.45) is 4.32. The van der Waals surface area contributed by atoms with E-state index in [1.165, 1.54) is 11.3 Å². The van der Waals surface area contributed by atoms with Crippen molar-refractivity contribution in [3.8, 4) is 0 Å². The van der Waals surface area contributed by atoms with Crippen LogP contribution in [0.25, 0.3) is 0 Å². The maximum absolute atomic E-state index is 13.1. The number of hydrogen-bond donors (Lipinski definition) is 1. The molecule has 2 rings (SSSR count). The topological polar surface area (TPSA) is 100 Å². The molecule has 2 unspecified atom stereocenters. The van der Waals surface area contributed by atoms with Gasteiger partial charge >= 0.3 is 5.97 Å². The van der Waals surface area contributed by atoms with Gasteiger partial charge in [0.05, 0.1) is 25.1 Å². The fraction of sp³-hybridized carbons (Fsp3) is 0.667. The van der Waals surface area contributed by atoms with Crippen LogP contribution in [0.4, 0.5) is 0 Å². The first-order valence-electron chi connectivity index (χ1n) is 9.35. The highest BCUT2D eigenvalue weighted by Crippen LogP contribution is 2.35. The summed E-state index contributed by atoms with van der Waals surface area (Å²) >= 11 is 1.35. The molecular weight excluding hydrogens is 370 g/mol. The Morgan fingerprint density at radius 1 is 1.52 bits per heavy atom. The van der Waals surface area contributed by atoms with E-state index in [1.807, 2.05) is 6.92 Å². The number of thiazole rings is 1. The van der Waals surface area contributed by atoms with Gasteiger partial charge in [-0.3, -0.25) is 14.8 Å². The van der Waals surface area contributed by atoms with Gasteiger partial charge in [-0.1, -0.05) is 19.8 Å². The molecule has 1 N–H and O–H groups in total. The van der Waals surface area contributed by atoms with Crippen LogP contribution in [0.1, 0.15) is 67.5 Å². The van der Waals surface area contributed by atoms with Crippen LogP contribution < -0.4 is 0 Å². The van der Waals surface area contributed by atoms with Crippen molar-refractivity contribution in [1.29, 1.82) is 0 Å². The third-order valence-corrected chi connectivity index (χ3v) is 5.56. The molecule has 1 aliphatic heterocycles. The Bertz CT molecular complexity index is 651. The normalized spacial score (nSPS) is 17.6. The van der Waals surface area contributed by atoms with Crippen molar-refractivity contribution in [3.63, 3.8) is 0 Å². The summed E-state index contributed by atoms with van der Waals surface area (Å²) in [4.78, 5) is 41.8. The van der Waals surface area contributed by atoms with Crippen LogP contribution in [-0.2, 0) is 14.3 Å². The average molecular weight is 397 g/mol. The molecule has 8 nitrogen and oxygen atoms in total. The zero-order chi connectivity index (χ0) is 19.8. The third-order valence-electron chi connectivity index (χ3n) is 4.61. The van der Waals surface area contributed by atoms with Gasteiger partial charge in [0.1, 0.15) is 5.01 Å². The van der Waals surface area contributed by atoms with Crippen LogP contribution in [0.15, 0.2) is 5.38 Å². The largest absolute Gasteiger partial charge is 0.461 e. The summed E-state index contributed by atoms with van der Waals surface area (Å²) in [7, 11) is 0. The number of hydrogen-bond acceptors (Lipinski definition) is 7. The average Bonchev–Trinajstić information content (AvgIpc) is 3.33. The van der Waals surface area contributed by atoms with E-state index in [4.69, 9.17) is 4.74 Å². The molecule has 1 aromatic rings. The second-order valence-electron chi connectivity index (χ2n) is 6.55. The fourth-order valence-electron chi connectivity index (χ4n) is 3.27. The van der Waals surface area contributed by atoms with E-state index in [1.54, 1.807) is 17.2 Å². The Kier molecular flexibility index (Phi) is 8.18.